The number of nitrogens with zero attached hydrogens (tertiary/aromatic N) is 1. The number of nitro groups is 1. The molecule has 0 heterocycles. The molecule has 0 spiro atoms. The van der Waals surface area contributed by atoms with Gasteiger partial charge in [-0.1, -0.05) is 0 Å². The third-order valence-corrected chi connectivity index (χ3v) is 3.14. The van der Waals surface area contributed by atoms with Crippen LogP contribution in [0.25, 0.3) is 0 Å². The van der Waals surface area contributed by atoms with E-state index in [1.54, 1.807) is 0 Å². The highest BCUT2D eigenvalue weighted by Gasteiger charge is 2.38. The van der Waals surface area contributed by atoms with Crippen LogP contribution >= 0.6 is 0 Å². The number of benzene rings is 1. The van der Waals surface area contributed by atoms with E-state index in [-0.39, 0.29) is 11.6 Å². The lowest BCUT2D eigenvalue weighted by Gasteiger charge is -2.33. The molecule has 1 N–H and O–H groups in total. The van der Waals surface area contributed by atoms with E-state index in [9.17, 15) is 19.3 Å². The first-order valence-electron chi connectivity index (χ1n) is 5.16. The maximum atomic E-state index is 13.2. The van der Waals surface area contributed by atoms with Gasteiger partial charge in [-0.15, -0.1) is 0 Å². The molecule has 0 saturated heterocycles. The summed E-state index contributed by atoms with van der Waals surface area (Å²) in [7, 11) is 0. The van der Waals surface area contributed by atoms with Crippen molar-refractivity contribution in [3.05, 3.63) is 39.7 Å². The Hall–Kier alpha value is -1.98. The molecule has 17 heavy (non-hydrogen) atoms. The molecule has 6 heteroatoms. The smallest absolute Gasteiger partial charge is 0.307 e. The van der Waals surface area contributed by atoms with Crippen molar-refractivity contribution < 1.29 is 19.2 Å². The van der Waals surface area contributed by atoms with Crippen molar-refractivity contribution >= 4 is 11.7 Å². The van der Waals surface area contributed by atoms with Gasteiger partial charge in [-0.25, -0.2) is 4.39 Å². The van der Waals surface area contributed by atoms with Gasteiger partial charge in [-0.3, -0.25) is 14.9 Å². The lowest BCUT2D eigenvalue weighted by Crippen LogP contribution is -2.31. The minimum atomic E-state index is -0.937. The van der Waals surface area contributed by atoms with Crippen molar-refractivity contribution in [3.63, 3.8) is 0 Å². The van der Waals surface area contributed by atoms with E-state index in [0.717, 1.165) is 6.07 Å². The van der Waals surface area contributed by atoms with Crippen LogP contribution in [0.5, 0.6) is 0 Å². The molecule has 0 aliphatic heterocycles. The number of aliphatic carboxylic acids is 1. The van der Waals surface area contributed by atoms with Crippen LogP contribution in [0.3, 0.4) is 0 Å². The fraction of sp³-hybridized carbons (Fsp3) is 0.364. The van der Waals surface area contributed by atoms with Gasteiger partial charge < -0.3 is 5.11 Å². The second-order valence-electron chi connectivity index (χ2n) is 4.13. The molecular formula is C11H10FNO4. The van der Waals surface area contributed by atoms with Gasteiger partial charge in [-0.05, 0) is 30.4 Å². The van der Waals surface area contributed by atoms with E-state index < -0.39 is 22.6 Å². The first kappa shape index (κ1) is 11.5. The SMILES string of the molecule is O=C(O)[C@H]1CC[C@H]1c1cc(F)cc([N+](=O)[O-])c1. The number of nitro benzene ring substituents is 1. The lowest BCUT2D eigenvalue weighted by molar-refractivity contribution is -0.385. The summed E-state index contributed by atoms with van der Waals surface area (Å²) in [5, 5.41) is 19.5. The van der Waals surface area contributed by atoms with E-state index >= 15 is 0 Å². The molecule has 1 aromatic carbocycles. The normalized spacial score (nSPS) is 22.9. The predicted molar refractivity (Wildman–Crippen MR) is 56.2 cm³/mol. The summed E-state index contributed by atoms with van der Waals surface area (Å²) in [5.41, 5.74) is 0.0615. The molecule has 5 nitrogen and oxygen atoms in total. The molecule has 0 bridgehead atoms. The number of carboxylic acid groups (broad SMARTS) is 1. The molecule has 1 aliphatic rings. The number of hydrogen-bond donors (Lipinski definition) is 1. The van der Waals surface area contributed by atoms with Gasteiger partial charge >= 0.3 is 5.97 Å². The standard InChI is InChI=1S/C11H10FNO4/c12-7-3-6(4-8(5-7)13(16)17)9-1-2-10(9)11(14)15/h3-5,9-10H,1-2H2,(H,14,15)/t9-,10-/m0/s1. The van der Waals surface area contributed by atoms with Crippen LogP contribution in [-0.4, -0.2) is 16.0 Å². The van der Waals surface area contributed by atoms with Crippen LogP contribution in [0, 0.1) is 21.8 Å². The quantitative estimate of drug-likeness (QED) is 0.648. The van der Waals surface area contributed by atoms with Crippen molar-refractivity contribution in [1.29, 1.82) is 0 Å². The summed E-state index contributed by atoms with van der Waals surface area (Å²) in [6.45, 7) is 0. The third kappa shape index (κ3) is 2.11. The number of non-ortho nitro benzene ring substituents is 1. The van der Waals surface area contributed by atoms with Crippen molar-refractivity contribution in [3.8, 4) is 0 Å². The van der Waals surface area contributed by atoms with E-state index in [4.69, 9.17) is 5.11 Å². The average Bonchev–Trinajstić information content (AvgIpc) is 2.13. The van der Waals surface area contributed by atoms with Crippen LogP contribution < -0.4 is 0 Å². The Morgan fingerprint density at radius 2 is 2.12 bits per heavy atom. The molecule has 90 valence electrons. The summed E-state index contributed by atoms with van der Waals surface area (Å²) in [5.74, 6) is -2.52. The number of halogens is 1. The molecule has 2 rings (SSSR count). The molecule has 0 aromatic heterocycles. The van der Waals surface area contributed by atoms with E-state index in [1.165, 1.54) is 12.1 Å². The Bertz CT molecular complexity index is 488. The Kier molecular flexibility index (Phi) is 2.79. The summed E-state index contributed by atoms with van der Waals surface area (Å²) < 4.78 is 13.2. The topological polar surface area (TPSA) is 80.4 Å². The number of rotatable bonds is 3. The lowest BCUT2D eigenvalue weighted by atomic mass is 9.70. The molecule has 0 amide bonds. The second-order valence-corrected chi connectivity index (χ2v) is 4.13. The summed E-state index contributed by atoms with van der Waals surface area (Å²) >= 11 is 0. The molecule has 1 aliphatic carbocycles. The van der Waals surface area contributed by atoms with Gasteiger partial charge in [0.25, 0.3) is 5.69 Å². The van der Waals surface area contributed by atoms with E-state index in [2.05, 4.69) is 0 Å². The van der Waals surface area contributed by atoms with Crippen LogP contribution in [-0.2, 0) is 4.79 Å². The highest BCUT2D eigenvalue weighted by atomic mass is 19.1. The third-order valence-electron chi connectivity index (χ3n) is 3.14. The molecule has 1 saturated carbocycles. The van der Waals surface area contributed by atoms with Gasteiger partial charge in [0.15, 0.2) is 0 Å². The van der Waals surface area contributed by atoms with Gasteiger partial charge in [0.2, 0.25) is 0 Å². The fourth-order valence-corrected chi connectivity index (χ4v) is 2.11. The maximum absolute atomic E-state index is 13.2. The minimum Gasteiger partial charge on any atom is -0.481 e. The maximum Gasteiger partial charge on any atom is 0.307 e. The van der Waals surface area contributed by atoms with Crippen molar-refractivity contribution in [2.24, 2.45) is 5.92 Å². The Balaban J connectivity index is 2.33. The van der Waals surface area contributed by atoms with Crippen LogP contribution in [0.4, 0.5) is 10.1 Å². The summed E-state index contributed by atoms with van der Waals surface area (Å²) in [6.07, 6.45) is 1.15. The van der Waals surface area contributed by atoms with Gasteiger partial charge in [0.1, 0.15) is 5.82 Å². The molecule has 0 unspecified atom stereocenters. The van der Waals surface area contributed by atoms with Gasteiger partial charge in [0, 0.05) is 6.07 Å². The average molecular weight is 239 g/mol. The zero-order valence-corrected chi connectivity index (χ0v) is 8.80. The van der Waals surface area contributed by atoms with Crippen molar-refractivity contribution in [1.82, 2.24) is 0 Å². The Labute approximate surface area is 96.0 Å². The highest BCUT2D eigenvalue weighted by molar-refractivity contribution is 5.72. The van der Waals surface area contributed by atoms with Crippen LogP contribution in [0.1, 0.15) is 24.3 Å². The Morgan fingerprint density at radius 3 is 2.59 bits per heavy atom. The zero-order chi connectivity index (χ0) is 12.6. The van der Waals surface area contributed by atoms with Crippen LogP contribution in [0.15, 0.2) is 18.2 Å². The number of carbonyl (C=O) groups is 1. The molecule has 1 aromatic rings. The molecule has 2 atom stereocenters. The largest absolute Gasteiger partial charge is 0.481 e. The summed E-state index contributed by atoms with van der Waals surface area (Å²) in [6, 6.07) is 3.26. The second kappa shape index (κ2) is 4.12. The Morgan fingerprint density at radius 1 is 1.41 bits per heavy atom. The van der Waals surface area contributed by atoms with E-state index in [1.807, 2.05) is 0 Å². The fourth-order valence-electron chi connectivity index (χ4n) is 2.11. The number of hydrogen-bond acceptors (Lipinski definition) is 3. The first-order chi connectivity index (χ1) is 7.99. The van der Waals surface area contributed by atoms with Crippen molar-refractivity contribution in [2.75, 3.05) is 0 Å². The minimum absolute atomic E-state index is 0.318. The molecule has 0 radical (unpaired) electrons. The number of carboxylic acids is 1. The molecule has 1 fully saturated rings. The van der Waals surface area contributed by atoms with Crippen molar-refractivity contribution in [2.45, 2.75) is 18.8 Å². The zero-order valence-electron chi connectivity index (χ0n) is 8.80. The summed E-state index contributed by atoms with van der Waals surface area (Å²) in [4.78, 5) is 20.7. The monoisotopic (exact) mass is 239 g/mol. The highest BCUT2D eigenvalue weighted by Crippen LogP contribution is 2.43. The van der Waals surface area contributed by atoms with Crippen LogP contribution in [0.2, 0.25) is 0 Å². The first-order valence-corrected chi connectivity index (χ1v) is 5.16. The van der Waals surface area contributed by atoms with E-state index in [0.29, 0.717) is 18.4 Å². The van der Waals surface area contributed by atoms with Gasteiger partial charge in [0.05, 0.1) is 16.9 Å². The van der Waals surface area contributed by atoms with Gasteiger partial charge in [-0.2, -0.15) is 0 Å². The predicted octanol–water partition coefficient (Wildman–Crippen LogP) is 2.31. The molecular weight excluding hydrogens is 229 g/mol.